The summed E-state index contributed by atoms with van der Waals surface area (Å²) in [4.78, 5) is 8.74. The molecule has 0 amide bonds. The SMILES string of the molecule is C=C1CC2(CCC(CCC3(O)CCCC(O)C3)C2)C2OC2(C)CCC2C1CC2(C)C1CC2CC1CSSCNC(=NC)NC2NC(N)=NC. The molecule has 5 saturated carbocycles. The molecule has 2 saturated heterocycles. The maximum absolute atomic E-state index is 11.3. The molecule has 5 aliphatic carbocycles. The summed E-state index contributed by atoms with van der Waals surface area (Å²) in [6.45, 7) is 9.93. The van der Waals surface area contributed by atoms with E-state index in [4.69, 9.17) is 17.0 Å². The number of nitrogens with one attached hydrogen (secondary N) is 3. The van der Waals surface area contributed by atoms with Gasteiger partial charge in [-0.15, -0.1) is 0 Å². The van der Waals surface area contributed by atoms with E-state index in [-0.39, 0.29) is 28.7 Å². The van der Waals surface area contributed by atoms with Crippen molar-refractivity contribution in [2.45, 2.75) is 140 Å². The molecule has 2 aliphatic heterocycles. The normalized spacial score (nSPS) is 49.7. The summed E-state index contributed by atoms with van der Waals surface area (Å²) in [6, 6.07) is 0. The Morgan fingerprint density at radius 2 is 1.90 bits per heavy atom. The minimum Gasteiger partial charge on any atom is -0.393 e. The highest BCUT2D eigenvalue weighted by Gasteiger charge is 2.67. The van der Waals surface area contributed by atoms with Crippen LogP contribution in [-0.4, -0.2) is 77.4 Å². The number of nitrogens with two attached hydrogens (primary N) is 1. The second kappa shape index (κ2) is 14.0. The Bertz CT molecular complexity index is 1300. The molecule has 13 atom stereocenters. The van der Waals surface area contributed by atoms with Crippen LogP contribution in [0.5, 0.6) is 0 Å². The molecule has 2 bridgehead atoms. The zero-order valence-electron chi connectivity index (χ0n) is 30.5. The number of allylic oxidation sites excluding steroid dienone is 1. The van der Waals surface area contributed by atoms with Crippen molar-refractivity contribution < 1.29 is 14.9 Å². The number of rotatable bonds is 5. The highest BCUT2D eigenvalue weighted by Crippen LogP contribution is 2.70. The first-order valence-corrected chi connectivity index (χ1v) is 21.8. The van der Waals surface area contributed by atoms with Crippen molar-refractivity contribution in [1.82, 2.24) is 16.0 Å². The van der Waals surface area contributed by atoms with Gasteiger partial charge >= 0.3 is 0 Å². The summed E-state index contributed by atoms with van der Waals surface area (Å²) in [7, 11) is 7.49. The molecule has 0 radical (unpaired) electrons. The van der Waals surface area contributed by atoms with Gasteiger partial charge in [-0.1, -0.05) is 40.7 Å². The molecule has 9 nitrogen and oxygen atoms in total. The summed E-state index contributed by atoms with van der Waals surface area (Å²) in [5, 5.41) is 32.1. The first kappa shape index (κ1) is 36.2. The standard InChI is InChI=1S/C38H64N6O3S2/c1-23-17-37(13-8-24(18-37)9-14-38(46)11-6-7-27(45)19-38)32-36(3,47-32)12-10-29-28(23)20-35(29,2)30-16-25-15-26(30)21-48-49-22-42-34(41-5)44-31(25)43-33(39)40-4/h24-32,45-46H,1,6-22H2,2-5H3,(H3,39,40,43)(H2,41,42,44). The third-order valence-corrected chi connectivity index (χ3v) is 17.1. The number of nitrogens with zero attached hydrogens (tertiary/aromatic N) is 2. The maximum atomic E-state index is 11.3. The Morgan fingerprint density at radius 1 is 1.06 bits per heavy atom. The van der Waals surface area contributed by atoms with Gasteiger partial charge in [0.05, 0.1) is 29.3 Å². The molecule has 0 aromatic carbocycles. The minimum absolute atomic E-state index is 0.0216. The fourth-order valence-corrected chi connectivity index (χ4v) is 14.4. The van der Waals surface area contributed by atoms with Crippen LogP contribution in [0.3, 0.4) is 0 Å². The molecule has 2 heterocycles. The zero-order chi connectivity index (χ0) is 34.6. The van der Waals surface area contributed by atoms with Crippen molar-refractivity contribution >= 4 is 33.5 Å². The molecule has 0 aromatic rings. The van der Waals surface area contributed by atoms with Crippen LogP contribution in [0.4, 0.5) is 0 Å². The van der Waals surface area contributed by atoms with Crippen LogP contribution in [0.15, 0.2) is 22.1 Å². The Kier molecular flexibility index (Phi) is 10.4. The van der Waals surface area contributed by atoms with Gasteiger partial charge in [0.2, 0.25) is 0 Å². The van der Waals surface area contributed by atoms with E-state index >= 15 is 0 Å². The van der Waals surface area contributed by atoms with Crippen molar-refractivity contribution in [2.24, 2.45) is 62.1 Å². The molecule has 7 N–H and O–H groups in total. The predicted octanol–water partition coefficient (Wildman–Crippen LogP) is 5.78. The topological polar surface area (TPSA) is 140 Å². The molecule has 7 rings (SSSR count). The van der Waals surface area contributed by atoms with Crippen LogP contribution >= 0.6 is 21.6 Å². The van der Waals surface area contributed by atoms with E-state index in [1.807, 2.05) is 28.6 Å². The number of guanidine groups is 2. The number of aliphatic imine (C=N–C) groups is 2. The van der Waals surface area contributed by atoms with Crippen LogP contribution in [-0.2, 0) is 4.74 Å². The van der Waals surface area contributed by atoms with E-state index in [1.165, 1.54) is 56.3 Å². The third-order valence-electron chi connectivity index (χ3n) is 14.8. The van der Waals surface area contributed by atoms with Crippen LogP contribution in [0.1, 0.15) is 110 Å². The van der Waals surface area contributed by atoms with Gasteiger partial charge in [0.1, 0.15) is 6.17 Å². The van der Waals surface area contributed by atoms with Gasteiger partial charge in [0, 0.05) is 31.7 Å². The molecule has 0 aromatic heterocycles. The molecule has 13 unspecified atom stereocenters. The van der Waals surface area contributed by atoms with Crippen molar-refractivity contribution in [3.05, 3.63) is 12.2 Å². The largest absolute Gasteiger partial charge is 0.393 e. The van der Waals surface area contributed by atoms with Gasteiger partial charge in [0.25, 0.3) is 0 Å². The summed E-state index contributed by atoms with van der Waals surface area (Å²) in [5.41, 5.74) is 7.52. The average molecular weight is 717 g/mol. The van der Waals surface area contributed by atoms with Crippen LogP contribution < -0.4 is 21.7 Å². The van der Waals surface area contributed by atoms with Gasteiger partial charge in [-0.05, 0) is 138 Å². The lowest BCUT2D eigenvalue weighted by atomic mass is 9.45. The number of fused-ring (bicyclic) bond motifs is 5. The molecular weight excluding hydrogens is 653 g/mol. The molecule has 7 fully saturated rings. The number of ether oxygens (including phenoxy) is 1. The van der Waals surface area contributed by atoms with Crippen molar-refractivity contribution in [1.29, 1.82) is 0 Å². The van der Waals surface area contributed by atoms with E-state index in [1.54, 1.807) is 7.05 Å². The van der Waals surface area contributed by atoms with E-state index < -0.39 is 5.60 Å². The second-order valence-electron chi connectivity index (χ2n) is 17.9. The molecule has 7 aliphatic rings. The van der Waals surface area contributed by atoms with E-state index in [0.717, 1.165) is 56.8 Å². The van der Waals surface area contributed by atoms with Crippen molar-refractivity contribution in [3.63, 3.8) is 0 Å². The quantitative estimate of drug-likeness (QED) is 0.0688. The molecular formula is C38H64N6O3S2. The molecule has 49 heavy (non-hydrogen) atoms. The Hall–Kier alpha value is -1.14. The van der Waals surface area contributed by atoms with Crippen LogP contribution in [0.25, 0.3) is 0 Å². The summed E-state index contributed by atoms with van der Waals surface area (Å²) >= 11 is 0. The fraction of sp³-hybridized carbons (Fsp3) is 0.895. The van der Waals surface area contributed by atoms with Gasteiger partial charge in [-0.25, -0.2) is 0 Å². The maximum Gasteiger partial charge on any atom is 0.193 e. The monoisotopic (exact) mass is 716 g/mol. The second-order valence-corrected chi connectivity index (χ2v) is 20.4. The molecule has 276 valence electrons. The summed E-state index contributed by atoms with van der Waals surface area (Å²) in [6.07, 6.45) is 15.7. The van der Waals surface area contributed by atoms with E-state index in [0.29, 0.717) is 54.0 Å². The average Bonchev–Trinajstić information content (AvgIpc) is 3.35. The Morgan fingerprint density at radius 3 is 2.67 bits per heavy atom. The number of aliphatic hydroxyl groups is 2. The highest BCUT2D eigenvalue weighted by molar-refractivity contribution is 8.76. The third kappa shape index (κ3) is 7.15. The van der Waals surface area contributed by atoms with Gasteiger partial charge in [-0.3, -0.25) is 9.98 Å². The molecule has 1 spiro atoms. The minimum atomic E-state index is -0.681. The summed E-state index contributed by atoms with van der Waals surface area (Å²) in [5.74, 6) is 6.86. The van der Waals surface area contributed by atoms with Gasteiger partial charge < -0.3 is 36.6 Å². The van der Waals surface area contributed by atoms with Crippen molar-refractivity contribution in [3.8, 4) is 0 Å². The fourth-order valence-electron chi connectivity index (χ4n) is 12.2. The van der Waals surface area contributed by atoms with Gasteiger partial charge in [-0.2, -0.15) is 0 Å². The Balaban J connectivity index is 1.06. The van der Waals surface area contributed by atoms with Crippen molar-refractivity contribution in [2.75, 3.05) is 25.7 Å². The van der Waals surface area contributed by atoms with E-state index in [2.05, 4.69) is 39.8 Å². The highest BCUT2D eigenvalue weighted by atomic mass is 33.1. The van der Waals surface area contributed by atoms with Gasteiger partial charge in [0.15, 0.2) is 11.9 Å². The Labute approximate surface area is 303 Å². The molecule has 11 heteroatoms. The lowest BCUT2D eigenvalue weighted by Gasteiger charge is -2.59. The van der Waals surface area contributed by atoms with Crippen LogP contribution in [0, 0.1) is 46.3 Å². The van der Waals surface area contributed by atoms with Crippen LogP contribution in [0.2, 0.25) is 0 Å². The first-order valence-electron chi connectivity index (χ1n) is 19.4. The lowest BCUT2D eigenvalue weighted by Crippen LogP contribution is -2.57. The van der Waals surface area contributed by atoms with E-state index in [9.17, 15) is 10.2 Å². The lowest BCUT2D eigenvalue weighted by molar-refractivity contribution is -0.0806. The smallest absolute Gasteiger partial charge is 0.193 e. The summed E-state index contributed by atoms with van der Waals surface area (Å²) < 4.78 is 6.78. The predicted molar refractivity (Wildman–Crippen MR) is 203 cm³/mol. The number of hydrogen-bond donors (Lipinski definition) is 6. The zero-order valence-corrected chi connectivity index (χ0v) is 32.1. The number of hydrogen-bond acceptors (Lipinski definition) is 7. The first-order chi connectivity index (χ1) is 23.4. The number of aliphatic hydroxyl groups excluding tert-OH is 1. The number of epoxide rings is 1.